The zero-order valence-electron chi connectivity index (χ0n) is 17.4. The molecular weight excluding hydrogens is 468 g/mol. The fraction of sp³-hybridized carbons (Fsp3) is 0.200. The minimum absolute atomic E-state index is 0.0519. The molecule has 0 spiro atoms. The van der Waals surface area contributed by atoms with Crippen LogP contribution in [0.2, 0.25) is 0 Å². The van der Waals surface area contributed by atoms with Crippen LogP contribution in [-0.4, -0.2) is 54.1 Å². The van der Waals surface area contributed by atoms with Crippen LogP contribution < -0.4 is 5.32 Å². The third kappa shape index (κ3) is 7.09. The summed E-state index contributed by atoms with van der Waals surface area (Å²) >= 11 is 1.05. The number of rotatable bonds is 11. The number of nitro benzene ring substituents is 1. The maximum absolute atomic E-state index is 12.7. The molecule has 1 atom stereocenters. The summed E-state index contributed by atoms with van der Waals surface area (Å²) in [7, 11) is 0. The number of nitro groups is 1. The van der Waals surface area contributed by atoms with Gasteiger partial charge in [0.25, 0.3) is 5.69 Å². The molecule has 2 aromatic carbocycles. The van der Waals surface area contributed by atoms with Gasteiger partial charge in [-0.3, -0.25) is 19.7 Å². The Labute approximate surface area is 196 Å². The molecule has 1 aromatic heterocycles. The van der Waals surface area contributed by atoms with Gasteiger partial charge >= 0.3 is 12.1 Å². The Morgan fingerprint density at radius 2 is 1.85 bits per heavy atom. The van der Waals surface area contributed by atoms with E-state index in [9.17, 15) is 24.5 Å². The van der Waals surface area contributed by atoms with Gasteiger partial charge in [-0.2, -0.15) is 0 Å². The average Bonchev–Trinajstić information content (AvgIpc) is 3.24. The van der Waals surface area contributed by atoms with Crippen molar-refractivity contribution < 1.29 is 29.2 Å². The van der Waals surface area contributed by atoms with E-state index in [-0.39, 0.29) is 17.5 Å². The molecule has 14 heteroatoms. The summed E-state index contributed by atoms with van der Waals surface area (Å²) in [6, 6.07) is 13.1. The van der Waals surface area contributed by atoms with Crippen molar-refractivity contribution in [2.24, 2.45) is 0 Å². The number of carboxylic acids is 1. The van der Waals surface area contributed by atoms with E-state index in [0.29, 0.717) is 4.90 Å². The summed E-state index contributed by atoms with van der Waals surface area (Å²) in [4.78, 5) is 46.9. The molecule has 0 aliphatic rings. The lowest BCUT2D eigenvalue weighted by Crippen LogP contribution is -2.44. The Morgan fingerprint density at radius 1 is 1.15 bits per heavy atom. The van der Waals surface area contributed by atoms with E-state index in [4.69, 9.17) is 9.84 Å². The summed E-state index contributed by atoms with van der Waals surface area (Å²) in [5, 5.41) is 33.5. The lowest BCUT2D eigenvalue weighted by molar-refractivity contribution is -0.384. The molecule has 2 N–H and O–H groups in total. The first-order valence-electron chi connectivity index (χ1n) is 9.72. The maximum Gasteiger partial charge on any atom is 0.408 e. The van der Waals surface area contributed by atoms with E-state index in [1.54, 1.807) is 30.3 Å². The van der Waals surface area contributed by atoms with Gasteiger partial charge in [0.05, 0.1) is 11.3 Å². The number of tetrazole rings is 1. The number of alkyl carbamates (subject to hydrolysis) is 1. The molecule has 0 fully saturated rings. The van der Waals surface area contributed by atoms with E-state index in [0.717, 1.165) is 22.0 Å². The average molecular weight is 486 g/mol. The zero-order chi connectivity index (χ0) is 24.5. The number of amides is 1. The molecule has 0 bridgehead atoms. The van der Waals surface area contributed by atoms with Crippen molar-refractivity contribution in [1.29, 1.82) is 0 Å². The smallest absolute Gasteiger partial charge is 0.408 e. The number of ketones is 1. The molecule has 0 aliphatic carbocycles. The van der Waals surface area contributed by atoms with Gasteiger partial charge in [-0.05, 0) is 39.9 Å². The Bertz CT molecular complexity index is 1170. The highest BCUT2D eigenvalue weighted by Crippen LogP contribution is 2.27. The highest BCUT2D eigenvalue weighted by Gasteiger charge is 2.26. The van der Waals surface area contributed by atoms with Gasteiger partial charge in [0.1, 0.15) is 19.2 Å². The highest BCUT2D eigenvalue weighted by molar-refractivity contribution is 7.99. The van der Waals surface area contributed by atoms with Crippen LogP contribution in [0.3, 0.4) is 0 Å². The maximum atomic E-state index is 12.7. The fourth-order valence-electron chi connectivity index (χ4n) is 2.69. The lowest BCUT2D eigenvalue weighted by Gasteiger charge is -2.16. The van der Waals surface area contributed by atoms with Crippen molar-refractivity contribution in [3.05, 3.63) is 70.3 Å². The number of benzene rings is 2. The molecule has 0 radical (unpaired) electrons. The summed E-state index contributed by atoms with van der Waals surface area (Å²) in [6.45, 7) is -0.469. The highest BCUT2D eigenvalue weighted by atomic mass is 32.2. The SMILES string of the molecule is O=C(O)CC(NC(=O)OCc1ccccc1)C(=O)Cn1nnnc1Sc1ccc([N+](=O)[O-])cc1. The summed E-state index contributed by atoms with van der Waals surface area (Å²) in [5.74, 6) is -1.95. The number of carbonyl (C=O) groups is 3. The van der Waals surface area contributed by atoms with Gasteiger partial charge in [-0.1, -0.05) is 30.3 Å². The van der Waals surface area contributed by atoms with Crippen LogP contribution in [0.15, 0.2) is 64.6 Å². The van der Waals surface area contributed by atoms with E-state index < -0.39 is 41.8 Å². The van der Waals surface area contributed by atoms with E-state index in [1.807, 2.05) is 0 Å². The predicted molar refractivity (Wildman–Crippen MR) is 116 cm³/mol. The standard InChI is InChI=1S/C20H18N6O7S/c27-17(16(10-18(28)29)21-20(30)33-12-13-4-2-1-3-5-13)11-25-19(22-23-24-25)34-15-8-6-14(7-9-15)26(31)32/h1-9,16H,10-12H2,(H,21,30)(H,28,29). The first-order valence-corrected chi connectivity index (χ1v) is 10.5. The van der Waals surface area contributed by atoms with Gasteiger partial charge in [0.2, 0.25) is 5.16 Å². The second-order valence-corrected chi connectivity index (χ2v) is 7.84. The molecule has 1 unspecified atom stereocenters. The second-order valence-electron chi connectivity index (χ2n) is 6.80. The molecule has 1 heterocycles. The van der Waals surface area contributed by atoms with Crippen molar-refractivity contribution in [3.8, 4) is 0 Å². The number of hydrogen-bond acceptors (Lipinski definition) is 10. The molecule has 176 valence electrons. The number of carbonyl (C=O) groups excluding carboxylic acids is 2. The molecular formula is C20H18N6O7S. The number of ether oxygens (including phenoxy) is 1. The molecule has 0 saturated heterocycles. The third-order valence-electron chi connectivity index (χ3n) is 4.33. The number of aliphatic carboxylic acids is 1. The number of carboxylic acid groups (broad SMARTS) is 1. The largest absolute Gasteiger partial charge is 0.481 e. The van der Waals surface area contributed by atoms with E-state index in [2.05, 4.69) is 20.8 Å². The van der Waals surface area contributed by atoms with Gasteiger partial charge in [-0.15, -0.1) is 5.10 Å². The third-order valence-corrected chi connectivity index (χ3v) is 5.32. The van der Waals surface area contributed by atoms with E-state index in [1.165, 1.54) is 24.3 Å². The molecule has 1 amide bonds. The fourth-order valence-corrected chi connectivity index (χ4v) is 3.46. The minimum atomic E-state index is -1.37. The molecule has 34 heavy (non-hydrogen) atoms. The predicted octanol–water partition coefficient (Wildman–Crippen LogP) is 2.07. The van der Waals surface area contributed by atoms with Crippen LogP contribution in [-0.2, 0) is 27.5 Å². The van der Waals surface area contributed by atoms with Crippen LogP contribution in [0.4, 0.5) is 10.5 Å². The van der Waals surface area contributed by atoms with Crippen molar-refractivity contribution in [1.82, 2.24) is 25.5 Å². The Hall–Kier alpha value is -4.33. The topological polar surface area (TPSA) is 179 Å². The molecule has 3 aromatic rings. The molecule has 13 nitrogen and oxygen atoms in total. The first kappa shape index (κ1) is 24.3. The Balaban J connectivity index is 1.63. The summed E-state index contributed by atoms with van der Waals surface area (Å²) in [5.41, 5.74) is 0.640. The van der Waals surface area contributed by atoms with Crippen molar-refractivity contribution in [3.63, 3.8) is 0 Å². The number of aromatic nitrogens is 4. The van der Waals surface area contributed by atoms with Crippen LogP contribution in [0.5, 0.6) is 0 Å². The second kappa shape index (κ2) is 11.5. The summed E-state index contributed by atoms with van der Waals surface area (Å²) < 4.78 is 6.20. The Kier molecular flexibility index (Phi) is 8.23. The lowest BCUT2D eigenvalue weighted by atomic mass is 10.1. The summed E-state index contributed by atoms with van der Waals surface area (Å²) in [6.07, 6.45) is -1.60. The van der Waals surface area contributed by atoms with Crippen LogP contribution in [0, 0.1) is 10.1 Å². The molecule has 3 rings (SSSR count). The number of nitrogens with one attached hydrogen (secondary N) is 1. The molecule has 0 saturated carbocycles. The van der Waals surface area contributed by atoms with Gasteiger partial charge < -0.3 is 15.2 Å². The van der Waals surface area contributed by atoms with Crippen molar-refractivity contribution in [2.45, 2.75) is 35.7 Å². The van der Waals surface area contributed by atoms with Crippen LogP contribution in [0.1, 0.15) is 12.0 Å². The number of Topliss-reactive ketones (excluding diaryl/α,β-unsaturated/α-hetero) is 1. The molecule has 0 aliphatic heterocycles. The van der Waals surface area contributed by atoms with Crippen molar-refractivity contribution in [2.75, 3.05) is 0 Å². The van der Waals surface area contributed by atoms with Gasteiger partial charge in [0, 0.05) is 17.0 Å². The van der Waals surface area contributed by atoms with E-state index >= 15 is 0 Å². The monoisotopic (exact) mass is 486 g/mol. The van der Waals surface area contributed by atoms with Crippen LogP contribution >= 0.6 is 11.8 Å². The van der Waals surface area contributed by atoms with Gasteiger partial charge in [-0.25, -0.2) is 9.48 Å². The van der Waals surface area contributed by atoms with Gasteiger partial charge in [0.15, 0.2) is 5.78 Å². The number of non-ortho nitro benzene ring substituents is 1. The van der Waals surface area contributed by atoms with Crippen LogP contribution in [0.25, 0.3) is 0 Å². The number of hydrogen-bond donors (Lipinski definition) is 2. The minimum Gasteiger partial charge on any atom is -0.481 e. The first-order chi connectivity index (χ1) is 16.3. The normalized spacial score (nSPS) is 11.4. The Morgan fingerprint density at radius 3 is 2.50 bits per heavy atom. The quantitative estimate of drug-likeness (QED) is 0.299. The zero-order valence-corrected chi connectivity index (χ0v) is 18.3. The van der Waals surface area contributed by atoms with Crippen molar-refractivity contribution >= 4 is 35.3 Å². The number of nitrogens with zero attached hydrogens (tertiary/aromatic N) is 5.